The van der Waals surface area contributed by atoms with E-state index in [0.29, 0.717) is 5.56 Å². The Balaban J connectivity index is 2.16. The summed E-state index contributed by atoms with van der Waals surface area (Å²) in [5, 5.41) is 16.3. The fourth-order valence-corrected chi connectivity index (χ4v) is 1.81. The largest absolute Gasteiger partial charge is 0.377 e. The summed E-state index contributed by atoms with van der Waals surface area (Å²) in [5.74, 6) is 0. The summed E-state index contributed by atoms with van der Waals surface area (Å²) in [7, 11) is 1.92. The van der Waals surface area contributed by atoms with E-state index in [1.54, 1.807) is 12.3 Å². The van der Waals surface area contributed by atoms with Crippen molar-refractivity contribution in [2.45, 2.75) is 13.0 Å². The molecule has 0 spiro atoms. The highest BCUT2D eigenvalue weighted by Crippen LogP contribution is 2.19. The molecular weight excluding hydrogens is 212 g/mol. The van der Waals surface area contributed by atoms with E-state index in [1.165, 1.54) is 0 Å². The Morgan fingerprint density at radius 3 is 2.88 bits per heavy atom. The van der Waals surface area contributed by atoms with Crippen LogP contribution < -0.4 is 5.32 Å². The second kappa shape index (κ2) is 4.71. The SMILES string of the molecule is CC(Nc1cccc(C#N)c1)c1ccnn1C. The van der Waals surface area contributed by atoms with Gasteiger partial charge in [0, 0.05) is 18.9 Å². The number of nitriles is 1. The minimum atomic E-state index is 0.149. The summed E-state index contributed by atoms with van der Waals surface area (Å²) < 4.78 is 1.84. The maximum Gasteiger partial charge on any atom is 0.0992 e. The van der Waals surface area contributed by atoms with Crippen molar-refractivity contribution in [3.63, 3.8) is 0 Å². The van der Waals surface area contributed by atoms with E-state index >= 15 is 0 Å². The number of benzene rings is 1. The van der Waals surface area contributed by atoms with Gasteiger partial charge in [-0.3, -0.25) is 4.68 Å². The minimum Gasteiger partial charge on any atom is -0.377 e. The molecule has 0 bridgehead atoms. The van der Waals surface area contributed by atoms with Gasteiger partial charge in [0.15, 0.2) is 0 Å². The fourth-order valence-electron chi connectivity index (χ4n) is 1.81. The van der Waals surface area contributed by atoms with Crippen LogP contribution in [0.15, 0.2) is 36.5 Å². The van der Waals surface area contributed by atoms with Gasteiger partial charge in [-0.2, -0.15) is 10.4 Å². The third-order valence-electron chi connectivity index (χ3n) is 2.68. The number of nitrogens with zero attached hydrogens (tertiary/aromatic N) is 3. The van der Waals surface area contributed by atoms with Crippen molar-refractivity contribution in [1.82, 2.24) is 9.78 Å². The summed E-state index contributed by atoms with van der Waals surface area (Å²) in [6, 6.07) is 11.7. The number of nitrogens with one attached hydrogen (secondary N) is 1. The van der Waals surface area contributed by atoms with Crippen LogP contribution in [0.1, 0.15) is 24.2 Å². The summed E-state index contributed by atoms with van der Waals surface area (Å²) >= 11 is 0. The zero-order valence-corrected chi connectivity index (χ0v) is 9.88. The topological polar surface area (TPSA) is 53.6 Å². The first-order valence-corrected chi connectivity index (χ1v) is 5.45. The van der Waals surface area contributed by atoms with Crippen LogP contribution in [0.3, 0.4) is 0 Å². The molecular formula is C13H14N4. The Bertz CT molecular complexity index is 551. The average molecular weight is 226 g/mol. The lowest BCUT2D eigenvalue weighted by Crippen LogP contribution is -2.11. The molecule has 0 aliphatic rings. The van der Waals surface area contributed by atoms with Gasteiger partial charge in [0.1, 0.15) is 0 Å². The van der Waals surface area contributed by atoms with Crippen molar-refractivity contribution in [3.8, 4) is 6.07 Å². The van der Waals surface area contributed by atoms with E-state index in [-0.39, 0.29) is 6.04 Å². The Morgan fingerprint density at radius 2 is 2.24 bits per heavy atom. The quantitative estimate of drug-likeness (QED) is 0.874. The lowest BCUT2D eigenvalue weighted by Gasteiger charge is -2.15. The Labute approximate surface area is 100 Å². The van der Waals surface area contributed by atoms with Crippen molar-refractivity contribution < 1.29 is 0 Å². The summed E-state index contributed by atoms with van der Waals surface area (Å²) in [6.07, 6.45) is 1.78. The Hall–Kier alpha value is -2.28. The first-order valence-electron chi connectivity index (χ1n) is 5.45. The molecule has 4 nitrogen and oxygen atoms in total. The number of hydrogen-bond acceptors (Lipinski definition) is 3. The monoisotopic (exact) mass is 226 g/mol. The molecule has 2 aromatic rings. The van der Waals surface area contributed by atoms with Gasteiger partial charge in [-0.15, -0.1) is 0 Å². The first-order chi connectivity index (χ1) is 8.20. The van der Waals surface area contributed by atoms with Gasteiger partial charge in [-0.05, 0) is 31.2 Å². The number of aryl methyl sites for hydroxylation is 1. The van der Waals surface area contributed by atoms with Gasteiger partial charge in [0.25, 0.3) is 0 Å². The van der Waals surface area contributed by atoms with Gasteiger partial charge in [-0.25, -0.2) is 0 Å². The van der Waals surface area contributed by atoms with Gasteiger partial charge in [0.2, 0.25) is 0 Å². The predicted octanol–water partition coefficient (Wildman–Crippen LogP) is 2.46. The number of aromatic nitrogens is 2. The van der Waals surface area contributed by atoms with Crippen molar-refractivity contribution in [2.75, 3.05) is 5.32 Å². The molecule has 0 amide bonds. The van der Waals surface area contributed by atoms with Crippen LogP contribution in [0, 0.1) is 11.3 Å². The molecule has 0 radical (unpaired) electrons. The smallest absolute Gasteiger partial charge is 0.0992 e. The van der Waals surface area contributed by atoms with Gasteiger partial charge < -0.3 is 5.32 Å². The van der Waals surface area contributed by atoms with Crippen molar-refractivity contribution >= 4 is 5.69 Å². The summed E-state index contributed by atoms with van der Waals surface area (Å²) in [4.78, 5) is 0. The van der Waals surface area contributed by atoms with E-state index in [2.05, 4.69) is 23.4 Å². The molecule has 1 heterocycles. The van der Waals surface area contributed by atoms with Crippen LogP contribution in [-0.2, 0) is 7.05 Å². The Morgan fingerprint density at radius 1 is 1.41 bits per heavy atom. The second-order valence-corrected chi connectivity index (χ2v) is 3.94. The van der Waals surface area contributed by atoms with Crippen LogP contribution in [-0.4, -0.2) is 9.78 Å². The molecule has 0 aliphatic carbocycles. The van der Waals surface area contributed by atoms with Crippen molar-refractivity contribution in [2.24, 2.45) is 7.05 Å². The number of anilines is 1. The van der Waals surface area contributed by atoms with Gasteiger partial charge in [0.05, 0.1) is 23.4 Å². The average Bonchev–Trinajstić information content (AvgIpc) is 2.76. The zero-order valence-electron chi connectivity index (χ0n) is 9.88. The number of hydrogen-bond donors (Lipinski definition) is 1. The third kappa shape index (κ3) is 2.45. The molecule has 1 aromatic heterocycles. The van der Waals surface area contributed by atoms with Crippen LogP contribution in [0.2, 0.25) is 0 Å². The maximum absolute atomic E-state index is 8.83. The minimum absolute atomic E-state index is 0.149. The summed E-state index contributed by atoms with van der Waals surface area (Å²) in [6.45, 7) is 2.07. The van der Waals surface area contributed by atoms with Crippen LogP contribution in [0.4, 0.5) is 5.69 Å². The van der Waals surface area contributed by atoms with Gasteiger partial charge in [-0.1, -0.05) is 6.07 Å². The third-order valence-corrected chi connectivity index (χ3v) is 2.68. The van der Waals surface area contributed by atoms with Gasteiger partial charge >= 0.3 is 0 Å². The van der Waals surface area contributed by atoms with Crippen molar-refractivity contribution in [3.05, 3.63) is 47.8 Å². The predicted molar refractivity (Wildman–Crippen MR) is 66.4 cm³/mol. The van der Waals surface area contributed by atoms with Crippen LogP contribution in [0.25, 0.3) is 0 Å². The molecule has 1 N–H and O–H groups in total. The highest BCUT2D eigenvalue weighted by Gasteiger charge is 2.08. The second-order valence-electron chi connectivity index (χ2n) is 3.94. The van der Waals surface area contributed by atoms with E-state index < -0.39 is 0 Å². The fraction of sp³-hybridized carbons (Fsp3) is 0.231. The van der Waals surface area contributed by atoms with E-state index in [4.69, 9.17) is 5.26 Å². The van der Waals surface area contributed by atoms with Crippen LogP contribution in [0.5, 0.6) is 0 Å². The molecule has 1 unspecified atom stereocenters. The lowest BCUT2D eigenvalue weighted by molar-refractivity contribution is 0.676. The van der Waals surface area contributed by atoms with E-state index in [1.807, 2.05) is 36.0 Å². The highest BCUT2D eigenvalue weighted by atomic mass is 15.3. The molecule has 4 heteroatoms. The zero-order chi connectivity index (χ0) is 12.3. The lowest BCUT2D eigenvalue weighted by atomic mass is 10.2. The van der Waals surface area contributed by atoms with E-state index in [0.717, 1.165) is 11.4 Å². The Kier molecular flexibility index (Phi) is 3.10. The molecule has 0 aliphatic heterocycles. The molecule has 17 heavy (non-hydrogen) atoms. The normalized spacial score (nSPS) is 11.8. The van der Waals surface area contributed by atoms with Crippen molar-refractivity contribution in [1.29, 1.82) is 5.26 Å². The molecule has 0 fully saturated rings. The maximum atomic E-state index is 8.83. The molecule has 1 aromatic carbocycles. The molecule has 0 saturated heterocycles. The van der Waals surface area contributed by atoms with Crippen LogP contribution >= 0.6 is 0 Å². The van der Waals surface area contributed by atoms with E-state index in [9.17, 15) is 0 Å². The molecule has 2 rings (SSSR count). The molecule has 86 valence electrons. The molecule has 1 atom stereocenters. The standard InChI is InChI=1S/C13H14N4/c1-10(13-6-7-15-17(13)2)16-12-5-3-4-11(8-12)9-14/h3-8,10,16H,1-2H3. The first kappa shape index (κ1) is 11.2. The number of rotatable bonds is 3. The highest BCUT2D eigenvalue weighted by molar-refractivity contribution is 5.50. The summed E-state index contributed by atoms with van der Waals surface area (Å²) in [5.41, 5.74) is 2.71. The molecule has 0 saturated carbocycles.